The van der Waals surface area contributed by atoms with Crippen molar-refractivity contribution in [3.8, 4) is 0 Å². The molecular weight excluding hydrogens is 226 g/mol. The summed E-state index contributed by atoms with van der Waals surface area (Å²) in [7, 11) is 3.88. The largest absolute Gasteiger partial charge is 0.385 e. The summed E-state index contributed by atoms with van der Waals surface area (Å²) < 4.78 is 11.4. The van der Waals surface area contributed by atoms with E-state index in [4.69, 9.17) is 9.47 Å². The zero-order valence-electron chi connectivity index (χ0n) is 12.0. The average molecular weight is 255 g/mol. The number of hydrogen-bond acceptors (Lipinski definition) is 3. The second-order valence-electron chi connectivity index (χ2n) is 6.02. The van der Waals surface area contributed by atoms with Gasteiger partial charge in [0.2, 0.25) is 0 Å². The van der Waals surface area contributed by atoms with Crippen molar-refractivity contribution in [1.29, 1.82) is 0 Å². The van der Waals surface area contributed by atoms with Crippen LogP contribution in [0.25, 0.3) is 0 Å². The lowest BCUT2D eigenvalue weighted by Gasteiger charge is -2.45. The van der Waals surface area contributed by atoms with Gasteiger partial charge >= 0.3 is 0 Å². The van der Waals surface area contributed by atoms with Crippen LogP contribution in [-0.4, -0.2) is 39.0 Å². The fourth-order valence-corrected chi connectivity index (χ4v) is 3.81. The Balaban J connectivity index is 1.91. The monoisotopic (exact) mass is 255 g/mol. The number of methoxy groups -OCH3 is 1. The van der Waals surface area contributed by atoms with Crippen LogP contribution in [0.4, 0.5) is 0 Å². The summed E-state index contributed by atoms with van der Waals surface area (Å²) in [5.74, 6) is 0.761. The molecule has 1 saturated heterocycles. The van der Waals surface area contributed by atoms with Crippen molar-refractivity contribution in [2.45, 2.75) is 63.0 Å². The Kier molecular flexibility index (Phi) is 5.46. The molecule has 2 aliphatic rings. The molecule has 1 spiro atoms. The molecule has 3 heteroatoms. The molecule has 1 aliphatic carbocycles. The van der Waals surface area contributed by atoms with Crippen molar-refractivity contribution < 1.29 is 9.47 Å². The van der Waals surface area contributed by atoms with Gasteiger partial charge in [-0.25, -0.2) is 0 Å². The van der Waals surface area contributed by atoms with Crippen LogP contribution in [0.1, 0.15) is 51.4 Å². The fraction of sp³-hybridized carbons (Fsp3) is 1.00. The van der Waals surface area contributed by atoms with E-state index in [0.717, 1.165) is 25.6 Å². The van der Waals surface area contributed by atoms with Gasteiger partial charge in [0.25, 0.3) is 0 Å². The maximum atomic E-state index is 6.18. The highest BCUT2D eigenvalue weighted by atomic mass is 16.5. The van der Waals surface area contributed by atoms with Gasteiger partial charge in [-0.1, -0.05) is 19.3 Å². The molecule has 0 radical (unpaired) electrons. The minimum Gasteiger partial charge on any atom is -0.385 e. The molecule has 1 saturated carbocycles. The standard InChI is InChI=1S/C15H29NO2/c1-16-14(7-10-17-2)13-6-11-18-15(12-13)8-4-3-5-9-15/h13-14,16H,3-12H2,1-2H3. The minimum atomic E-state index is 0.226. The smallest absolute Gasteiger partial charge is 0.0685 e. The summed E-state index contributed by atoms with van der Waals surface area (Å²) in [6.45, 7) is 1.81. The lowest BCUT2D eigenvalue weighted by molar-refractivity contribution is -0.122. The van der Waals surface area contributed by atoms with E-state index in [1.54, 1.807) is 7.11 Å². The van der Waals surface area contributed by atoms with E-state index in [9.17, 15) is 0 Å². The Bertz CT molecular complexity index is 233. The second kappa shape index (κ2) is 6.88. The molecule has 2 unspecified atom stereocenters. The first-order valence-corrected chi connectivity index (χ1v) is 7.60. The normalized spacial score (nSPS) is 29.3. The summed E-state index contributed by atoms with van der Waals surface area (Å²) in [4.78, 5) is 0. The molecule has 18 heavy (non-hydrogen) atoms. The van der Waals surface area contributed by atoms with Gasteiger partial charge in [-0.2, -0.15) is 0 Å². The van der Waals surface area contributed by atoms with E-state index in [-0.39, 0.29) is 5.60 Å². The molecule has 2 atom stereocenters. The van der Waals surface area contributed by atoms with Gasteiger partial charge in [0, 0.05) is 26.4 Å². The highest BCUT2D eigenvalue weighted by Crippen LogP contribution is 2.41. The van der Waals surface area contributed by atoms with Crippen molar-refractivity contribution >= 4 is 0 Å². The molecule has 2 fully saturated rings. The lowest BCUT2D eigenvalue weighted by Crippen LogP contribution is -2.47. The summed E-state index contributed by atoms with van der Waals surface area (Å²) in [5, 5.41) is 3.49. The summed E-state index contributed by atoms with van der Waals surface area (Å²) in [6, 6.07) is 0.590. The summed E-state index contributed by atoms with van der Waals surface area (Å²) in [6.07, 6.45) is 10.3. The van der Waals surface area contributed by atoms with Crippen LogP contribution in [-0.2, 0) is 9.47 Å². The Labute approximate surface area is 112 Å². The van der Waals surface area contributed by atoms with Crippen molar-refractivity contribution in [3.63, 3.8) is 0 Å². The first-order valence-electron chi connectivity index (χ1n) is 7.60. The van der Waals surface area contributed by atoms with Gasteiger partial charge in [-0.05, 0) is 45.1 Å². The van der Waals surface area contributed by atoms with Gasteiger partial charge in [0.15, 0.2) is 0 Å². The van der Waals surface area contributed by atoms with Crippen LogP contribution in [0, 0.1) is 5.92 Å². The van der Waals surface area contributed by atoms with Crippen LogP contribution < -0.4 is 5.32 Å². The first kappa shape index (κ1) is 14.3. The van der Waals surface area contributed by atoms with Gasteiger partial charge in [-0.3, -0.25) is 0 Å². The zero-order valence-corrected chi connectivity index (χ0v) is 12.0. The van der Waals surface area contributed by atoms with Crippen LogP contribution in [0.3, 0.4) is 0 Å². The molecular formula is C15H29NO2. The number of ether oxygens (including phenoxy) is 2. The molecule has 0 aromatic carbocycles. The molecule has 0 aromatic rings. The Hall–Kier alpha value is -0.120. The van der Waals surface area contributed by atoms with Crippen LogP contribution in [0.5, 0.6) is 0 Å². The molecule has 1 aliphatic heterocycles. The van der Waals surface area contributed by atoms with Crippen molar-refractivity contribution in [2.75, 3.05) is 27.4 Å². The molecule has 0 amide bonds. The Morgan fingerprint density at radius 1 is 1.33 bits per heavy atom. The molecule has 2 rings (SSSR count). The van der Waals surface area contributed by atoms with Crippen molar-refractivity contribution in [1.82, 2.24) is 5.32 Å². The Morgan fingerprint density at radius 2 is 2.11 bits per heavy atom. The molecule has 3 nitrogen and oxygen atoms in total. The third-order valence-electron chi connectivity index (χ3n) is 4.87. The van der Waals surface area contributed by atoms with E-state index in [1.165, 1.54) is 44.9 Å². The minimum absolute atomic E-state index is 0.226. The summed E-state index contributed by atoms with van der Waals surface area (Å²) in [5.41, 5.74) is 0.226. The van der Waals surface area contributed by atoms with E-state index in [0.29, 0.717) is 6.04 Å². The van der Waals surface area contributed by atoms with Gasteiger partial charge in [-0.15, -0.1) is 0 Å². The van der Waals surface area contributed by atoms with Crippen LogP contribution in [0.2, 0.25) is 0 Å². The summed E-state index contributed by atoms with van der Waals surface area (Å²) >= 11 is 0. The third-order valence-corrected chi connectivity index (χ3v) is 4.87. The molecule has 106 valence electrons. The maximum Gasteiger partial charge on any atom is 0.0685 e. The van der Waals surface area contributed by atoms with Gasteiger partial charge in [0.05, 0.1) is 5.60 Å². The topological polar surface area (TPSA) is 30.5 Å². The van der Waals surface area contributed by atoms with Crippen molar-refractivity contribution in [2.24, 2.45) is 5.92 Å². The predicted molar refractivity (Wildman–Crippen MR) is 73.8 cm³/mol. The Morgan fingerprint density at radius 3 is 2.78 bits per heavy atom. The molecule has 1 heterocycles. The third kappa shape index (κ3) is 3.46. The number of rotatable bonds is 5. The highest BCUT2D eigenvalue weighted by molar-refractivity contribution is 4.92. The van der Waals surface area contributed by atoms with E-state index < -0.39 is 0 Å². The fourth-order valence-electron chi connectivity index (χ4n) is 3.81. The van der Waals surface area contributed by atoms with Crippen LogP contribution >= 0.6 is 0 Å². The number of nitrogens with one attached hydrogen (secondary N) is 1. The number of hydrogen-bond donors (Lipinski definition) is 1. The SMILES string of the molecule is CNC(CCOC)C1CCOC2(CCCCC2)C1. The average Bonchev–Trinajstić information content (AvgIpc) is 2.41. The predicted octanol–water partition coefficient (Wildman–Crippen LogP) is 2.74. The molecule has 0 bridgehead atoms. The van der Waals surface area contributed by atoms with Gasteiger partial charge < -0.3 is 14.8 Å². The van der Waals surface area contributed by atoms with Crippen LogP contribution in [0.15, 0.2) is 0 Å². The van der Waals surface area contributed by atoms with E-state index >= 15 is 0 Å². The van der Waals surface area contributed by atoms with E-state index in [1.807, 2.05) is 0 Å². The zero-order chi connectivity index (χ0) is 12.8. The van der Waals surface area contributed by atoms with Crippen molar-refractivity contribution in [3.05, 3.63) is 0 Å². The highest BCUT2D eigenvalue weighted by Gasteiger charge is 2.40. The maximum absolute atomic E-state index is 6.18. The second-order valence-corrected chi connectivity index (χ2v) is 6.02. The molecule has 0 aromatic heterocycles. The lowest BCUT2D eigenvalue weighted by atomic mass is 9.73. The quantitative estimate of drug-likeness (QED) is 0.819. The molecule has 1 N–H and O–H groups in total. The van der Waals surface area contributed by atoms with E-state index in [2.05, 4.69) is 12.4 Å². The van der Waals surface area contributed by atoms with Gasteiger partial charge in [0.1, 0.15) is 0 Å². The first-order chi connectivity index (χ1) is 8.79.